The van der Waals surface area contributed by atoms with E-state index in [9.17, 15) is 13.6 Å². The zero-order valence-corrected chi connectivity index (χ0v) is 5.91. The fourth-order valence-electron chi connectivity index (χ4n) is 0.878. The lowest BCUT2D eigenvalue weighted by atomic mass is 10.2. The van der Waals surface area contributed by atoms with E-state index < -0.39 is 24.4 Å². The van der Waals surface area contributed by atoms with Gasteiger partial charge in [-0.25, -0.2) is 4.79 Å². The van der Waals surface area contributed by atoms with E-state index in [2.05, 4.69) is 14.8 Å². The molecule has 0 aliphatic carbocycles. The monoisotopic (exact) mass is 177 g/mol. The number of rotatable bonds is 2. The minimum atomic E-state index is -3.42. The number of alkyl halides is 2. The van der Waals surface area contributed by atoms with E-state index in [0.29, 0.717) is 0 Å². The number of halogens is 2. The third-order valence-electron chi connectivity index (χ3n) is 1.40. The third kappa shape index (κ3) is 1.62. The van der Waals surface area contributed by atoms with Crippen LogP contribution in [-0.4, -0.2) is 24.5 Å². The first-order chi connectivity index (χ1) is 5.56. The van der Waals surface area contributed by atoms with Gasteiger partial charge in [0.15, 0.2) is 0 Å². The van der Waals surface area contributed by atoms with Gasteiger partial charge in [-0.3, -0.25) is 0 Å². The summed E-state index contributed by atoms with van der Waals surface area (Å²) in [6.45, 7) is -0.238. The highest BCUT2D eigenvalue weighted by atomic mass is 19.3. The van der Waals surface area contributed by atoms with E-state index in [1.165, 1.54) is 0 Å². The predicted octanol–water partition coefficient (Wildman–Crippen LogP) is 1.25. The van der Waals surface area contributed by atoms with Gasteiger partial charge < -0.3 is 4.74 Å². The SMILES string of the molecule is [N-]=[N+]=NC[C@H]1CC(F)(F)C(=O)O1. The summed E-state index contributed by atoms with van der Waals surface area (Å²) in [5.74, 6) is -4.96. The van der Waals surface area contributed by atoms with Crippen LogP contribution < -0.4 is 0 Å². The lowest BCUT2D eigenvalue weighted by molar-refractivity contribution is -0.158. The van der Waals surface area contributed by atoms with Crippen LogP contribution in [0, 0.1) is 0 Å². The number of carbonyl (C=O) groups is 1. The molecule has 1 atom stereocenters. The number of esters is 1. The Labute approximate surface area is 65.9 Å². The Morgan fingerprint density at radius 3 is 2.92 bits per heavy atom. The molecule has 0 radical (unpaired) electrons. The highest BCUT2D eigenvalue weighted by Crippen LogP contribution is 2.30. The maximum atomic E-state index is 12.4. The van der Waals surface area contributed by atoms with Gasteiger partial charge in [0.1, 0.15) is 6.10 Å². The highest BCUT2D eigenvalue weighted by molar-refractivity contribution is 5.79. The Morgan fingerprint density at radius 2 is 2.50 bits per heavy atom. The molecule has 0 unspecified atom stereocenters. The molecule has 0 bridgehead atoms. The van der Waals surface area contributed by atoms with Crippen molar-refractivity contribution < 1.29 is 18.3 Å². The normalized spacial score (nSPS) is 26.2. The zero-order valence-electron chi connectivity index (χ0n) is 5.91. The molecule has 7 heteroatoms. The van der Waals surface area contributed by atoms with Crippen molar-refractivity contribution in [3.8, 4) is 0 Å². The molecule has 0 amide bonds. The Kier molecular flexibility index (Phi) is 2.14. The number of hydrogen-bond donors (Lipinski definition) is 0. The molecule has 12 heavy (non-hydrogen) atoms. The molecule has 0 N–H and O–H groups in total. The van der Waals surface area contributed by atoms with Gasteiger partial charge >= 0.3 is 11.9 Å². The lowest BCUT2D eigenvalue weighted by Crippen LogP contribution is -2.21. The molecular weight excluding hydrogens is 172 g/mol. The molecule has 1 aliphatic rings. The quantitative estimate of drug-likeness (QED) is 0.275. The van der Waals surface area contributed by atoms with Gasteiger partial charge in [-0.2, -0.15) is 8.78 Å². The van der Waals surface area contributed by atoms with Crippen LogP contribution in [0.5, 0.6) is 0 Å². The fraction of sp³-hybridized carbons (Fsp3) is 0.800. The standard InChI is InChI=1S/C5H5F2N3O2/c6-5(7)1-3(2-9-10-8)12-4(5)11/h3H,1-2H2/t3-/m1/s1. The van der Waals surface area contributed by atoms with Crippen LogP contribution in [0.25, 0.3) is 10.4 Å². The summed E-state index contributed by atoms with van der Waals surface area (Å²) in [5, 5.41) is 3.02. The van der Waals surface area contributed by atoms with Crippen LogP contribution >= 0.6 is 0 Å². The summed E-state index contributed by atoms with van der Waals surface area (Å²) in [4.78, 5) is 12.7. The number of azide groups is 1. The van der Waals surface area contributed by atoms with E-state index in [-0.39, 0.29) is 6.54 Å². The molecule has 1 heterocycles. The Balaban J connectivity index is 2.55. The van der Waals surface area contributed by atoms with Crippen molar-refractivity contribution in [1.29, 1.82) is 0 Å². The topological polar surface area (TPSA) is 75.1 Å². The van der Waals surface area contributed by atoms with Gasteiger partial charge in [-0.1, -0.05) is 5.11 Å². The smallest absolute Gasteiger partial charge is 0.377 e. The van der Waals surface area contributed by atoms with Crippen molar-refractivity contribution in [2.45, 2.75) is 18.4 Å². The van der Waals surface area contributed by atoms with E-state index in [0.717, 1.165) is 0 Å². The molecular formula is C5H5F2N3O2. The molecule has 1 saturated heterocycles. The van der Waals surface area contributed by atoms with Crippen molar-refractivity contribution in [2.24, 2.45) is 5.11 Å². The number of nitrogens with zero attached hydrogens (tertiary/aromatic N) is 3. The second-order valence-electron chi connectivity index (χ2n) is 2.35. The second-order valence-corrected chi connectivity index (χ2v) is 2.35. The van der Waals surface area contributed by atoms with E-state index in [1.54, 1.807) is 0 Å². The van der Waals surface area contributed by atoms with Crippen molar-refractivity contribution in [2.75, 3.05) is 6.54 Å². The largest absolute Gasteiger partial charge is 0.458 e. The fourth-order valence-corrected chi connectivity index (χ4v) is 0.878. The first-order valence-corrected chi connectivity index (χ1v) is 3.16. The molecule has 1 aliphatic heterocycles. The lowest BCUT2D eigenvalue weighted by Gasteiger charge is -2.01. The predicted molar refractivity (Wildman–Crippen MR) is 33.5 cm³/mol. The van der Waals surface area contributed by atoms with Crippen LogP contribution in [-0.2, 0) is 9.53 Å². The van der Waals surface area contributed by atoms with E-state index in [4.69, 9.17) is 5.53 Å². The van der Waals surface area contributed by atoms with Gasteiger partial charge in [0.2, 0.25) is 0 Å². The summed E-state index contributed by atoms with van der Waals surface area (Å²) in [5.41, 5.74) is 7.85. The van der Waals surface area contributed by atoms with Crippen LogP contribution in [0.15, 0.2) is 5.11 Å². The zero-order chi connectivity index (χ0) is 9.19. The van der Waals surface area contributed by atoms with E-state index in [1.807, 2.05) is 0 Å². The molecule has 0 aromatic carbocycles. The van der Waals surface area contributed by atoms with Crippen molar-refractivity contribution in [3.63, 3.8) is 0 Å². The van der Waals surface area contributed by atoms with Crippen LogP contribution in [0.4, 0.5) is 8.78 Å². The Bertz CT molecular complexity index is 249. The molecule has 1 fully saturated rings. The average Bonchev–Trinajstić information content (AvgIpc) is 2.22. The first kappa shape index (κ1) is 8.73. The molecule has 0 aromatic heterocycles. The minimum absolute atomic E-state index is 0.238. The summed E-state index contributed by atoms with van der Waals surface area (Å²) < 4.78 is 29.0. The number of ether oxygens (including phenoxy) is 1. The number of carbonyl (C=O) groups excluding carboxylic acids is 1. The summed E-state index contributed by atoms with van der Waals surface area (Å²) >= 11 is 0. The maximum Gasteiger partial charge on any atom is 0.377 e. The second kappa shape index (κ2) is 2.94. The van der Waals surface area contributed by atoms with Crippen LogP contribution in [0.1, 0.15) is 6.42 Å². The molecule has 66 valence electrons. The number of hydrogen-bond acceptors (Lipinski definition) is 3. The maximum absolute atomic E-state index is 12.4. The molecule has 0 spiro atoms. The van der Waals surface area contributed by atoms with Gasteiger partial charge in [-0.15, -0.1) is 0 Å². The number of cyclic esters (lactones) is 1. The summed E-state index contributed by atoms with van der Waals surface area (Å²) in [7, 11) is 0. The van der Waals surface area contributed by atoms with Crippen LogP contribution in [0.3, 0.4) is 0 Å². The van der Waals surface area contributed by atoms with Gasteiger partial charge in [0.05, 0.1) is 13.0 Å². The summed E-state index contributed by atoms with van der Waals surface area (Å²) in [6.07, 6.45) is -1.69. The Morgan fingerprint density at radius 1 is 1.83 bits per heavy atom. The first-order valence-electron chi connectivity index (χ1n) is 3.16. The molecule has 0 saturated carbocycles. The average molecular weight is 177 g/mol. The van der Waals surface area contributed by atoms with Crippen molar-refractivity contribution in [1.82, 2.24) is 0 Å². The molecule has 5 nitrogen and oxygen atoms in total. The molecule has 0 aromatic rings. The van der Waals surface area contributed by atoms with Crippen molar-refractivity contribution >= 4 is 5.97 Å². The summed E-state index contributed by atoms with van der Waals surface area (Å²) in [6, 6.07) is 0. The van der Waals surface area contributed by atoms with E-state index >= 15 is 0 Å². The van der Waals surface area contributed by atoms with Crippen molar-refractivity contribution in [3.05, 3.63) is 10.4 Å². The van der Waals surface area contributed by atoms with Crippen LogP contribution in [0.2, 0.25) is 0 Å². The highest BCUT2D eigenvalue weighted by Gasteiger charge is 2.50. The minimum Gasteiger partial charge on any atom is -0.458 e. The van der Waals surface area contributed by atoms with Gasteiger partial charge in [0.25, 0.3) is 0 Å². The third-order valence-corrected chi connectivity index (χ3v) is 1.40. The molecule has 1 rings (SSSR count). The van der Waals surface area contributed by atoms with Gasteiger partial charge in [0, 0.05) is 4.91 Å². The Hall–Kier alpha value is -1.36. The van der Waals surface area contributed by atoms with Gasteiger partial charge in [-0.05, 0) is 5.53 Å².